The minimum Gasteiger partial charge on any atom is -0.465 e. The van der Waals surface area contributed by atoms with Gasteiger partial charge in [0.25, 0.3) is 0 Å². The van der Waals surface area contributed by atoms with E-state index in [1.807, 2.05) is 0 Å². The molecule has 1 heterocycles. The number of carbonyl (C=O) groups is 2. The third-order valence-electron chi connectivity index (χ3n) is 3.47. The van der Waals surface area contributed by atoms with Gasteiger partial charge in [0.05, 0.1) is 21.3 Å². The molecule has 0 atom stereocenters. The first-order valence-electron chi connectivity index (χ1n) is 8.38. The topological polar surface area (TPSA) is 70.4 Å². The van der Waals surface area contributed by atoms with Crippen molar-refractivity contribution in [3.8, 4) is 0 Å². The van der Waals surface area contributed by atoms with Gasteiger partial charge in [-0.15, -0.1) is 0 Å². The molecule has 0 amide bonds. The van der Waals surface area contributed by atoms with Gasteiger partial charge in [0.1, 0.15) is 20.3 Å². The van der Waals surface area contributed by atoms with Crippen molar-refractivity contribution in [2.75, 3.05) is 13.2 Å². The maximum atomic E-state index is 12.6. The van der Waals surface area contributed by atoms with Crippen LogP contribution in [0.4, 0.5) is 0 Å². The van der Waals surface area contributed by atoms with E-state index in [-0.39, 0.29) is 13.2 Å². The van der Waals surface area contributed by atoms with E-state index >= 15 is 0 Å². The van der Waals surface area contributed by atoms with Gasteiger partial charge < -0.3 is 9.47 Å². The second kappa shape index (κ2) is 7.65. The summed E-state index contributed by atoms with van der Waals surface area (Å²) in [6.45, 7) is 17.2. The predicted octanol–water partition coefficient (Wildman–Crippen LogP) is 1.71. The largest absolute Gasteiger partial charge is 0.465 e. The molecular formula is C16H30N2O4Si2. The van der Waals surface area contributed by atoms with Crippen LogP contribution in [-0.2, 0) is 20.8 Å². The molecule has 1 aromatic rings. The lowest BCUT2D eigenvalue weighted by Gasteiger charge is -2.23. The summed E-state index contributed by atoms with van der Waals surface area (Å²) in [5.74, 6) is -0.800. The molecule has 0 aromatic carbocycles. The van der Waals surface area contributed by atoms with Crippen LogP contribution < -0.4 is 10.5 Å². The number of hydrogen-bond acceptors (Lipinski definition) is 5. The van der Waals surface area contributed by atoms with Gasteiger partial charge >= 0.3 is 11.9 Å². The van der Waals surface area contributed by atoms with E-state index in [1.165, 1.54) is 4.68 Å². The van der Waals surface area contributed by atoms with E-state index in [4.69, 9.17) is 9.47 Å². The van der Waals surface area contributed by atoms with Gasteiger partial charge in [0.15, 0.2) is 0 Å². The SMILES string of the molecule is CCOC(=O)Cn1nc([Si](C)(C)C)c([Si](C)(C)C)c1C(=O)OCC. The molecule has 0 aliphatic rings. The molecule has 6 nitrogen and oxygen atoms in total. The van der Waals surface area contributed by atoms with Gasteiger partial charge in [-0.2, -0.15) is 5.10 Å². The van der Waals surface area contributed by atoms with E-state index in [2.05, 4.69) is 44.4 Å². The van der Waals surface area contributed by atoms with Gasteiger partial charge in [-0.3, -0.25) is 4.79 Å². The molecule has 0 radical (unpaired) electrons. The Morgan fingerprint density at radius 1 is 0.958 bits per heavy atom. The molecule has 0 saturated heterocycles. The lowest BCUT2D eigenvalue weighted by atomic mass is 10.4. The number of nitrogens with zero attached hydrogens (tertiary/aromatic N) is 2. The number of carbonyl (C=O) groups excluding carboxylic acids is 2. The van der Waals surface area contributed by atoms with Gasteiger partial charge in [0, 0.05) is 5.32 Å². The Kier molecular flexibility index (Phi) is 6.57. The lowest BCUT2D eigenvalue weighted by molar-refractivity contribution is -0.144. The van der Waals surface area contributed by atoms with Gasteiger partial charge in [-0.25, -0.2) is 9.48 Å². The first-order valence-corrected chi connectivity index (χ1v) is 15.4. The average molecular weight is 371 g/mol. The van der Waals surface area contributed by atoms with Crippen molar-refractivity contribution >= 4 is 38.6 Å². The molecule has 1 rings (SSSR count). The normalized spacial score (nSPS) is 12.2. The Labute approximate surface area is 146 Å². The summed E-state index contributed by atoms with van der Waals surface area (Å²) in [6.07, 6.45) is 0. The van der Waals surface area contributed by atoms with E-state index in [0.717, 1.165) is 10.5 Å². The lowest BCUT2D eigenvalue weighted by Crippen LogP contribution is -2.57. The molecule has 0 N–H and O–H groups in total. The van der Waals surface area contributed by atoms with Crippen molar-refractivity contribution in [3.63, 3.8) is 0 Å². The van der Waals surface area contributed by atoms with Crippen molar-refractivity contribution in [2.24, 2.45) is 0 Å². The highest BCUT2D eigenvalue weighted by atomic mass is 28.3. The average Bonchev–Trinajstić information content (AvgIpc) is 2.78. The van der Waals surface area contributed by atoms with Gasteiger partial charge in [-0.1, -0.05) is 39.3 Å². The molecule has 0 spiro atoms. The summed E-state index contributed by atoms with van der Waals surface area (Å²) in [5.41, 5.74) is 0.432. The minimum atomic E-state index is -1.87. The Hall–Kier alpha value is -1.42. The molecule has 1 aromatic heterocycles. The molecule has 136 valence electrons. The Balaban J connectivity index is 3.60. The van der Waals surface area contributed by atoms with Crippen LogP contribution in [0.1, 0.15) is 24.3 Å². The zero-order valence-corrected chi connectivity index (χ0v) is 18.1. The van der Waals surface area contributed by atoms with Crippen molar-refractivity contribution in [1.29, 1.82) is 0 Å². The van der Waals surface area contributed by atoms with Crippen molar-refractivity contribution in [1.82, 2.24) is 9.78 Å². The monoisotopic (exact) mass is 370 g/mol. The predicted molar refractivity (Wildman–Crippen MR) is 101 cm³/mol. The van der Waals surface area contributed by atoms with E-state index in [0.29, 0.717) is 12.3 Å². The molecular weight excluding hydrogens is 340 g/mol. The third kappa shape index (κ3) is 4.79. The molecule has 0 aliphatic carbocycles. The molecule has 0 bridgehead atoms. The summed E-state index contributed by atoms with van der Waals surface area (Å²) in [4.78, 5) is 24.6. The molecule has 0 aliphatic heterocycles. The van der Waals surface area contributed by atoms with Crippen LogP contribution in [0.5, 0.6) is 0 Å². The number of hydrogen-bond donors (Lipinski definition) is 0. The summed E-state index contributed by atoms with van der Waals surface area (Å²) in [6, 6.07) is 0. The summed E-state index contributed by atoms with van der Waals surface area (Å²) >= 11 is 0. The first kappa shape index (κ1) is 20.6. The van der Waals surface area contributed by atoms with Crippen molar-refractivity contribution in [3.05, 3.63) is 5.69 Å². The van der Waals surface area contributed by atoms with Crippen molar-refractivity contribution in [2.45, 2.75) is 59.7 Å². The number of esters is 2. The summed E-state index contributed by atoms with van der Waals surface area (Å²) < 4.78 is 11.8. The highest BCUT2D eigenvalue weighted by Crippen LogP contribution is 2.12. The highest BCUT2D eigenvalue weighted by molar-refractivity contribution is 6.98. The summed E-state index contributed by atoms with van der Waals surface area (Å²) in [7, 11) is -3.67. The second-order valence-electron chi connectivity index (χ2n) is 7.76. The maximum absolute atomic E-state index is 12.6. The zero-order chi connectivity index (χ0) is 18.7. The fourth-order valence-corrected chi connectivity index (χ4v) is 7.79. The van der Waals surface area contributed by atoms with Crippen LogP contribution in [0.15, 0.2) is 0 Å². The Morgan fingerprint density at radius 3 is 1.92 bits per heavy atom. The number of rotatable bonds is 7. The first-order chi connectivity index (χ1) is 10.9. The second-order valence-corrected chi connectivity index (χ2v) is 17.7. The third-order valence-corrected chi connectivity index (χ3v) is 7.46. The van der Waals surface area contributed by atoms with Crippen molar-refractivity contribution < 1.29 is 19.1 Å². The molecule has 24 heavy (non-hydrogen) atoms. The van der Waals surface area contributed by atoms with Crippen LogP contribution in [0.25, 0.3) is 0 Å². The smallest absolute Gasteiger partial charge is 0.356 e. The zero-order valence-electron chi connectivity index (χ0n) is 16.1. The van der Waals surface area contributed by atoms with Crippen LogP contribution in [0.3, 0.4) is 0 Å². The molecule has 0 fully saturated rings. The van der Waals surface area contributed by atoms with Gasteiger partial charge in [-0.05, 0) is 19.0 Å². The van der Waals surface area contributed by atoms with Gasteiger partial charge in [0.2, 0.25) is 0 Å². The molecule has 0 unspecified atom stereocenters. The van der Waals surface area contributed by atoms with E-state index in [9.17, 15) is 9.59 Å². The fraction of sp³-hybridized carbons (Fsp3) is 0.688. The van der Waals surface area contributed by atoms with E-state index in [1.54, 1.807) is 13.8 Å². The van der Waals surface area contributed by atoms with Crippen LogP contribution in [-0.4, -0.2) is 51.1 Å². The Bertz CT molecular complexity index is 613. The quantitative estimate of drug-likeness (QED) is 0.540. The minimum absolute atomic E-state index is 0.0655. The number of ether oxygens (including phenoxy) is 2. The summed E-state index contributed by atoms with van der Waals surface area (Å²) in [5, 5.41) is 6.70. The standard InChI is InChI=1S/C16H30N2O4Si2/c1-9-21-12(19)11-18-13(16(20)22-10-2)14(23(3,4)5)15(17-18)24(6,7)8/h9-11H2,1-8H3. The highest BCUT2D eigenvalue weighted by Gasteiger charge is 2.38. The van der Waals surface area contributed by atoms with E-state index < -0.39 is 28.1 Å². The van der Waals surface area contributed by atoms with Crippen LogP contribution in [0, 0.1) is 0 Å². The fourth-order valence-electron chi connectivity index (χ4n) is 2.55. The number of aromatic nitrogens is 2. The molecule has 0 saturated carbocycles. The Morgan fingerprint density at radius 2 is 1.50 bits per heavy atom. The van der Waals surface area contributed by atoms with Crippen LogP contribution >= 0.6 is 0 Å². The van der Waals surface area contributed by atoms with Crippen LogP contribution in [0.2, 0.25) is 39.3 Å². The molecule has 8 heteroatoms. The maximum Gasteiger partial charge on any atom is 0.356 e.